The number of amides is 3. The molecule has 2 aromatic carbocycles. The Labute approximate surface area is 261 Å². The Balaban J connectivity index is 1.35. The first-order valence-electron chi connectivity index (χ1n) is 14.6. The number of nitrogens with one attached hydrogen (secondary N) is 2. The number of carbonyl (C=O) groups excluding carboxylic acids is 3. The van der Waals surface area contributed by atoms with Crippen LogP contribution in [0.4, 0.5) is 0 Å². The molecular weight excluding hydrogens is 582 g/mol. The van der Waals surface area contributed by atoms with E-state index >= 15 is 0 Å². The van der Waals surface area contributed by atoms with Gasteiger partial charge in [-0.2, -0.15) is 0 Å². The van der Waals surface area contributed by atoms with Crippen LogP contribution in [0.25, 0.3) is 10.4 Å². The van der Waals surface area contributed by atoms with Gasteiger partial charge < -0.3 is 35.8 Å². The van der Waals surface area contributed by atoms with Crippen LogP contribution < -0.4 is 25.8 Å². The van der Waals surface area contributed by atoms with Gasteiger partial charge in [-0.25, -0.2) is 4.98 Å². The van der Waals surface area contributed by atoms with Gasteiger partial charge in [0, 0.05) is 26.1 Å². The summed E-state index contributed by atoms with van der Waals surface area (Å²) in [4.78, 5) is 46.7. The quantitative estimate of drug-likeness (QED) is 0.240. The molecule has 1 fully saturated rings. The van der Waals surface area contributed by atoms with Crippen molar-refractivity contribution in [3.63, 3.8) is 0 Å². The second-order valence-electron chi connectivity index (χ2n) is 11.8. The molecule has 4 rings (SSSR count). The molecule has 3 atom stereocenters. The van der Waals surface area contributed by atoms with E-state index in [4.69, 9.17) is 15.2 Å². The standard InChI is InChI=1S/C32H41N5O6S/c1-20-28(44-19-35-20)22-7-5-21(6-8-22)16-34-30(40)26-15-23(38)17-37(26)31(41)29(32(2,3)4)36-27(39)18-43-25-11-9-24(10-12-25)42-14-13-33/h5-12,19,23,26,29,38H,13-18,33H2,1-4H3,(H,34,40)(H,36,39)/t23-,26+,29?/m1/s1. The summed E-state index contributed by atoms with van der Waals surface area (Å²) >= 11 is 1.58. The summed E-state index contributed by atoms with van der Waals surface area (Å²) in [6.45, 7) is 8.20. The van der Waals surface area contributed by atoms with E-state index in [-0.39, 0.29) is 32.0 Å². The lowest BCUT2D eigenvalue weighted by atomic mass is 9.85. The minimum atomic E-state index is -0.950. The van der Waals surface area contributed by atoms with Crippen LogP contribution in [0.2, 0.25) is 0 Å². The first-order chi connectivity index (χ1) is 21.0. The zero-order valence-corrected chi connectivity index (χ0v) is 26.4. The van der Waals surface area contributed by atoms with Crippen LogP contribution in [0.5, 0.6) is 11.5 Å². The number of β-amino-alcohol motifs (C(OH)–C–C–N with tert-alkyl or cyclic N) is 1. The number of nitrogens with two attached hydrogens (primary N) is 1. The highest BCUT2D eigenvalue weighted by Crippen LogP contribution is 2.28. The van der Waals surface area contributed by atoms with E-state index in [1.807, 2.05) is 57.5 Å². The summed E-state index contributed by atoms with van der Waals surface area (Å²) in [6.07, 6.45) is -0.742. The van der Waals surface area contributed by atoms with Crippen molar-refractivity contribution in [1.29, 1.82) is 0 Å². The molecule has 1 aliphatic rings. The number of hydrogen-bond acceptors (Lipinski definition) is 9. The van der Waals surface area contributed by atoms with Gasteiger partial charge in [0.25, 0.3) is 5.91 Å². The molecule has 0 spiro atoms. The minimum Gasteiger partial charge on any atom is -0.492 e. The fourth-order valence-corrected chi connectivity index (χ4v) is 5.75. The van der Waals surface area contributed by atoms with Crippen molar-refractivity contribution in [2.75, 3.05) is 26.3 Å². The number of aliphatic hydroxyl groups is 1. The van der Waals surface area contributed by atoms with Crippen molar-refractivity contribution in [2.24, 2.45) is 11.1 Å². The lowest BCUT2D eigenvalue weighted by Crippen LogP contribution is -2.58. The number of nitrogens with zero attached hydrogens (tertiary/aromatic N) is 2. The molecule has 5 N–H and O–H groups in total. The fourth-order valence-electron chi connectivity index (χ4n) is 4.94. The molecule has 236 valence electrons. The van der Waals surface area contributed by atoms with Crippen molar-refractivity contribution in [2.45, 2.75) is 58.8 Å². The predicted molar refractivity (Wildman–Crippen MR) is 168 cm³/mol. The maximum absolute atomic E-state index is 13.8. The molecule has 44 heavy (non-hydrogen) atoms. The number of likely N-dealkylation sites (tertiary alicyclic amines) is 1. The van der Waals surface area contributed by atoms with E-state index in [1.54, 1.807) is 35.6 Å². The maximum Gasteiger partial charge on any atom is 0.258 e. The number of benzene rings is 2. The van der Waals surface area contributed by atoms with E-state index in [1.165, 1.54) is 4.90 Å². The van der Waals surface area contributed by atoms with Gasteiger partial charge in [-0.15, -0.1) is 11.3 Å². The molecule has 0 bridgehead atoms. The van der Waals surface area contributed by atoms with Crippen molar-refractivity contribution < 1.29 is 29.0 Å². The van der Waals surface area contributed by atoms with Crippen molar-refractivity contribution in [1.82, 2.24) is 20.5 Å². The molecule has 1 saturated heterocycles. The Morgan fingerprint density at radius 3 is 2.34 bits per heavy atom. The molecule has 0 radical (unpaired) electrons. The van der Waals surface area contributed by atoms with Gasteiger partial charge in [0.15, 0.2) is 6.61 Å². The number of aliphatic hydroxyl groups excluding tert-OH is 1. The third kappa shape index (κ3) is 8.55. The predicted octanol–water partition coefficient (Wildman–Crippen LogP) is 2.64. The van der Waals surface area contributed by atoms with Crippen LogP contribution in [0, 0.1) is 12.3 Å². The number of aryl methyl sites for hydroxylation is 1. The second-order valence-corrected chi connectivity index (χ2v) is 12.7. The van der Waals surface area contributed by atoms with Crippen LogP contribution in [0.15, 0.2) is 54.0 Å². The third-order valence-corrected chi connectivity index (χ3v) is 8.27. The topological polar surface area (TPSA) is 156 Å². The molecule has 3 amide bonds. The maximum atomic E-state index is 13.8. The third-order valence-electron chi connectivity index (χ3n) is 7.29. The number of rotatable bonds is 12. The summed E-state index contributed by atoms with van der Waals surface area (Å²) in [5.74, 6) is -0.185. The monoisotopic (exact) mass is 623 g/mol. The van der Waals surface area contributed by atoms with E-state index in [0.29, 0.717) is 24.7 Å². The number of carbonyl (C=O) groups is 3. The van der Waals surface area contributed by atoms with Gasteiger partial charge in [0.2, 0.25) is 11.8 Å². The number of aromatic nitrogens is 1. The zero-order chi connectivity index (χ0) is 31.9. The molecule has 0 aliphatic carbocycles. The van der Waals surface area contributed by atoms with E-state index in [9.17, 15) is 19.5 Å². The van der Waals surface area contributed by atoms with Gasteiger partial charge in [0.05, 0.1) is 22.2 Å². The average Bonchev–Trinajstić information content (AvgIpc) is 3.61. The highest BCUT2D eigenvalue weighted by Gasteiger charge is 2.44. The van der Waals surface area contributed by atoms with Gasteiger partial charge in [-0.3, -0.25) is 14.4 Å². The first kappa shape index (κ1) is 32.9. The van der Waals surface area contributed by atoms with Crippen molar-refractivity contribution >= 4 is 29.1 Å². The van der Waals surface area contributed by atoms with Crippen molar-refractivity contribution in [3.8, 4) is 21.9 Å². The van der Waals surface area contributed by atoms with Gasteiger partial charge in [0.1, 0.15) is 30.2 Å². The zero-order valence-electron chi connectivity index (χ0n) is 25.5. The number of ether oxygens (including phenoxy) is 2. The van der Waals surface area contributed by atoms with Crippen molar-refractivity contribution in [3.05, 3.63) is 65.3 Å². The summed E-state index contributed by atoms with van der Waals surface area (Å²) < 4.78 is 11.0. The highest BCUT2D eigenvalue weighted by molar-refractivity contribution is 7.13. The smallest absolute Gasteiger partial charge is 0.258 e. The van der Waals surface area contributed by atoms with Crippen LogP contribution >= 0.6 is 11.3 Å². The normalized spacial score (nSPS) is 17.2. The van der Waals surface area contributed by atoms with Crippen LogP contribution in [0.1, 0.15) is 38.4 Å². The van der Waals surface area contributed by atoms with E-state index < -0.39 is 35.4 Å². The molecule has 1 aliphatic heterocycles. The molecular formula is C32H41N5O6S. The largest absolute Gasteiger partial charge is 0.492 e. The molecule has 0 saturated carbocycles. The van der Waals surface area contributed by atoms with E-state index in [2.05, 4.69) is 15.6 Å². The fraction of sp³-hybridized carbons (Fsp3) is 0.438. The minimum absolute atomic E-state index is 0.00264. The Morgan fingerprint density at radius 2 is 1.75 bits per heavy atom. The Kier molecular flexibility index (Phi) is 11.0. The molecule has 2 heterocycles. The lowest BCUT2D eigenvalue weighted by molar-refractivity contribution is -0.144. The second kappa shape index (κ2) is 14.7. The molecule has 1 aromatic heterocycles. The number of hydrogen-bond donors (Lipinski definition) is 4. The molecule has 1 unspecified atom stereocenters. The summed E-state index contributed by atoms with van der Waals surface area (Å²) in [7, 11) is 0. The molecule has 12 heteroatoms. The SMILES string of the molecule is Cc1ncsc1-c1ccc(CNC(=O)[C@@H]2C[C@@H](O)CN2C(=O)C(NC(=O)COc2ccc(OCCN)cc2)C(C)(C)C)cc1. The molecule has 3 aromatic rings. The van der Waals surface area contributed by atoms with Crippen LogP contribution in [-0.2, 0) is 20.9 Å². The summed E-state index contributed by atoms with van der Waals surface area (Å²) in [5.41, 5.74) is 9.51. The first-order valence-corrected chi connectivity index (χ1v) is 15.4. The number of thiazole rings is 1. The average molecular weight is 624 g/mol. The van der Waals surface area contributed by atoms with Gasteiger partial charge in [-0.1, -0.05) is 45.0 Å². The summed E-state index contributed by atoms with van der Waals surface area (Å²) in [6, 6.07) is 12.8. The van der Waals surface area contributed by atoms with E-state index in [0.717, 1.165) is 21.7 Å². The highest BCUT2D eigenvalue weighted by atomic mass is 32.1. The van der Waals surface area contributed by atoms with Crippen LogP contribution in [-0.4, -0.2) is 77.2 Å². The molecule has 11 nitrogen and oxygen atoms in total. The van der Waals surface area contributed by atoms with Crippen LogP contribution in [0.3, 0.4) is 0 Å². The Morgan fingerprint density at radius 1 is 1.09 bits per heavy atom. The Hall–Kier alpha value is -4.00. The summed E-state index contributed by atoms with van der Waals surface area (Å²) in [5, 5.41) is 16.1. The lowest BCUT2D eigenvalue weighted by Gasteiger charge is -2.35. The Bertz CT molecular complexity index is 1420. The van der Waals surface area contributed by atoms with Gasteiger partial charge >= 0.3 is 0 Å². The van der Waals surface area contributed by atoms with Gasteiger partial charge in [-0.05, 0) is 47.7 Å².